The molecule has 2 aromatic carbocycles. The van der Waals surface area contributed by atoms with Crippen LogP contribution < -0.4 is 9.62 Å². The van der Waals surface area contributed by atoms with Gasteiger partial charge in [0.05, 0.1) is 11.9 Å². The molecule has 0 aliphatic rings. The largest absolute Gasteiger partial charge is 0.354 e. The first-order chi connectivity index (χ1) is 17.3. The van der Waals surface area contributed by atoms with E-state index in [1.54, 1.807) is 31.2 Å². The maximum absolute atomic E-state index is 13.7. The van der Waals surface area contributed by atoms with Gasteiger partial charge >= 0.3 is 0 Å². The van der Waals surface area contributed by atoms with E-state index >= 15 is 0 Å². The van der Waals surface area contributed by atoms with Gasteiger partial charge in [0, 0.05) is 37.1 Å². The molecule has 0 aromatic heterocycles. The Morgan fingerprint density at radius 3 is 2.32 bits per heavy atom. The van der Waals surface area contributed by atoms with Crippen molar-refractivity contribution in [3.05, 3.63) is 64.7 Å². The molecule has 2 aromatic rings. The number of halogens is 3. The van der Waals surface area contributed by atoms with Crippen LogP contribution in [-0.4, -0.2) is 50.5 Å². The van der Waals surface area contributed by atoms with E-state index in [1.165, 1.54) is 4.90 Å². The molecule has 7 nitrogen and oxygen atoms in total. The topological polar surface area (TPSA) is 86.8 Å². The molecule has 0 saturated heterocycles. The summed E-state index contributed by atoms with van der Waals surface area (Å²) in [5.41, 5.74) is 0.633. The van der Waals surface area contributed by atoms with E-state index in [-0.39, 0.29) is 49.4 Å². The fourth-order valence-corrected chi connectivity index (χ4v) is 4.95. The van der Waals surface area contributed by atoms with Gasteiger partial charge in [-0.05, 0) is 42.5 Å². The Morgan fingerprint density at radius 2 is 1.76 bits per heavy atom. The van der Waals surface area contributed by atoms with Crippen LogP contribution in [0.1, 0.15) is 45.6 Å². The standard InChI is InChI=1S/C26H34ClF2N3O4S/c1-5-24(26(34)30-16-18(2)3)31(17-19-9-6-7-10-21(19)27)25(33)11-8-14-32(37(4,35)36)20-12-13-22(28)23(29)15-20/h6-7,9-10,12-13,15,18,24H,5,8,11,14,16-17H2,1-4H3,(H,30,34)/t24-/m0/s1. The SMILES string of the molecule is CC[C@@H](C(=O)NCC(C)C)N(Cc1ccccc1Cl)C(=O)CCCN(c1ccc(F)c(F)c1)S(C)(=O)=O. The van der Waals surface area contributed by atoms with E-state index < -0.39 is 27.7 Å². The van der Waals surface area contributed by atoms with Crippen LogP contribution in [0.3, 0.4) is 0 Å². The minimum atomic E-state index is -3.83. The van der Waals surface area contributed by atoms with E-state index in [4.69, 9.17) is 11.6 Å². The van der Waals surface area contributed by atoms with Crippen LogP contribution >= 0.6 is 11.6 Å². The summed E-state index contributed by atoms with van der Waals surface area (Å²) in [7, 11) is -3.83. The molecule has 0 aliphatic heterocycles. The molecule has 11 heteroatoms. The van der Waals surface area contributed by atoms with E-state index in [0.29, 0.717) is 23.6 Å². The first-order valence-electron chi connectivity index (χ1n) is 12.1. The van der Waals surface area contributed by atoms with Gasteiger partial charge in [-0.2, -0.15) is 0 Å². The minimum absolute atomic E-state index is 0.0405. The van der Waals surface area contributed by atoms with Crippen molar-refractivity contribution in [1.29, 1.82) is 0 Å². The molecule has 0 bridgehead atoms. The monoisotopic (exact) mass is 557 g/mol. The Bertz CT molecular complexity index is 1190. The third-order valence-electron chi connectivity index (χ3n) is 5.71. The van der Waals surface area contributed by atoms with Gasteiger partial charge in [-0.1, -0.05) is 50.6 Å². The molecule has 1 N–H and O–H groups in total. The second-order valence-electron chi connectivity index (χ2n) is 9.21. The average Bonchev–Trinajstić information content (AvgIpc) is 2.82. The second-order valence-corrected chi connectivity index (χ2v) is 11.5. The molecular weight excluding hydrogens is 524 g/mol. The number of rotatable bonds is 13. The lowest BCUT2D eigenvalue weighted by molar-refractivity contribution is -0.141. The maximum atomic E-state index is 13.7. The van der Waals surface area contributed by atoms with Gasteiger partial charge in [-0.3, -0.25) is 13.9 Å². The minimum Gasteiger partial charge on any atom is -0.354 e. The number of carbonyl (C=O) groups excluding carboxylic acids is 2. The molecule has 0 unspecified atom stereocenters. The number of sulfonamides is 1. The summed E-state index contributed by atoms with van der Waals surface area (Å²) in [5, 5.41) is 3.33. The van der Waals surface area contributed by atoms with Gasteiger partial charge in [0.1, 0.15) is 6.04 Å². The Hall–Kier alpha value is -2.72. The summed E-state index contributed by atoms with van der Waals surface area (Å²) in [6.07, 6.45) is 1.33. The Kier molecular flexibility index (Phi) is 11.3. The van der Waals surface area contributed by atoms with E-state index in [2.05, 4.69) is 5.32 Å². The predicted molar refractivity (Wildman–Crippen MR) is 142 cm³/mol. The molecule has 0 radical (unpaired) electrons. The lowest BCUT2D eigenvalue weighted by Gasteiger charge is -2.31. The van der Waals surface area contributed by atoms with Gasteiger partial charge in [-0.15, -0.1) is 0 Å². The summed E-state index contributed by atoms with van der Waals surface area (Å²) in [4.78, 5) is 27.8. The zero-order valence-electron chi connectivity index (χ0n) is 21.5. The number of nitrogens with one attached hydrogen (secondary N) is 1. The first-order valence-corrected chi connectivity index (χ1v) is 14.3. The molecule has 2 rings (SSSR count). The van der Waals surface area contributed by atoms with Crippen molar-refractivity contribution < 1.29 is 26.8 Å². The van der Waals surface area contributed by atoms with Gasteiger partial charge in [0.15, 0.2) is 11.6 Å². The van der Waals surface area contributed by atoms with Crippen LogP contribution in [0.5, 0.6) is 0 Å². The first kappa shape index (κ1) is 30.5. The van der Waals surface area contributed by atoms with E-state index in [1.807, 2.05) is 13.8 Å². The number of carbonyl (C=O) groups is 2. The van der Waals surface area contributed by atoms with Crippen molar-refractivity contribution in [3.63, 3.8) is 0 Å². The Morgan fingerprint density at radius 1 is 1.08 bits per heavy atom. The van der Waals surface area contributed by atoms with Crippen molar-refractivity contribution in [2.45, 2.75) is 52.6 Å². The Labute approximate surface area is 222 Å². The van der Waals surface area contributed by atoms with Crippen molar-refractivity contribution in [1.82, 2.24) is 10.2 Å². The fraction of sp³-hybridized carbons (Fsp3) is 0.462. The summed E-state index contributed by atoms with van der Waals surface area (Å²) in [6.45, 7) is 6.17. The molecule has 0 heterocycles. The highest BCUT2D eigenvalue weighted by molar-refractivity contribution is 7.92. The lowest BCUT2D eigenvalue weighted by Crippen LogP contribution is -2.49. The summed E-state index contributed by atoms with van der Waals surface area (Å²) >= 11 is 6.32. The number of hydrogen-bond acceptors (Lipinski definition) is 4. The van der Waals surface area contributed by atoms with Crippen molar-refractivity contribution in [3.8, 4) is 0 Å². The predicted octanol–water partition coefficient (Wildman–Crippen LogP) is 4.74. The molecule has 37 heavy (non-hydrogen) atoms. The number of nitrogens with zero attached hydrogens (tertiary/aromatic N) is 2. The van der Waals surface area contributed by atoms with Crippen LogP contribution in [0, 0.1) is 17.6 Å². The highest BCUT2D eigenvalue weighted by atomic mass is 35.5. The highest BCUT2D eigenvalue weighted by Gasteiger charge is 2.29. The molecule has 0 aliphatic carbocycles. The normalized spacial score (nSPS) is 12.3. The smallest absolute Gasteiger partial charge is 0.242 e. The third kappa shape index (κ3) is 8.96. The Balaban J connectivity index is 2.24. The van der Waals surface area contributed by atoms with Gasteiger partial charge in [-0.25, -0.2) is 17.2 Å². The molecule has 0 fully saturated rings. The molecule has 204 valence electrons. The maximum Gasteiger partial charge on any atom is 0.242 e. The van der Waals surface area contributed by atoms with Crippen LogP contribution in [0.15, 0.2) is 42.5 Å². The van der Waals surface area contributed by atoms with Gasteiger partial charge in [0.25, 0.3) is 0 Å². The van der Waals surface area contributed by atoms with Crippen molar-refractivity contribution >= 4 is 39.1 Å². The number of anilines is 1. The van der Waals surface area contributed by atoms with Crippen LogP contribution in [0.25, 0.3) is 0 Å². The fourth-order valence-electron chi connectivity index (χ4n) is 3.80. The quantitative estimate of drug-likeness (QED) is 0.385. The summed E-state index contributed by atoms with van der Waals surface area (Å²) < 4.78 is 52.7. The zero-order valence-corrected chi connectivity index (χ0v) is 23.1. The van der Waals surface area contributed by atoms with E-state index in [0.717, 1.165) is 28.8 Å². The summed E-state index contributed by atoms with van der Waals surface area (Å²) in [5.74, 6) is -2.68. The van der Waals surface area contributed by atoms with Crippen molar-refractivity contribution in [2.24, 2.45) is 5.92 Å². The van der Waals surface area contributed by atoms with Crippen LogP contribution in [-0.2, 0) is 26.2 Å². The lowest BCUT2D eigenvalue weighted by atomic mass is 10.1. The number of hydrogen-bond donors (Lipinski definition) is 1. The molecular formula is C26H34ClF2N3O4S. The highest BCUT2D eigenvalue weighted by Crippen LogP contribution is 2.23. The molecule has 1 atom stereocenters. The number of benzene rings is 2. The number of amides is 2. The zero-order chi connectivity index (χ0) is 27.8. The van der Waals surface area contributed by atoms with Crippen LogP contribution in [0.4, 0.5) is 14.5 Å². The average molecular weight is 558 g/mol. The van der Waals surface area contributed by atoms with Crippen molar-refractivity contribution in [2.75, 3.05) is 23.7 Å². The molecule has 0 spiro atoms. The third-order valence-corrected chi connectivity index (χ3v) is 7.28. The van der Waals surface area contributed by atoms with Gasteiger partial charge < -0.3 is 10.2 Å². The molecule has 0 saturated carbocycles. The van der Waals surface area contributed by atoms with E-state index in [9.17, 15) is 26.8 Å². The molecule has 2 amide bonds. The second kappa shape index (κ2) is 13.7. The van der Waals surface area contributed by atoms with Gasteiger partial charge in [0.2, 0.25) is 21.8 Å². The summed E-state index contributed by atoms with van der Waals surface area (Å²) in [6, 6.07) is 9.09. The van der Waals surface area contributed by atoms with Crippen LogP contribution in [0.2, 0.25) is 5.02 Å².